The molecule has 22 heavy (non-hydrogen) atoms. The Morgan fingerprint density at radius 2 is 1.82 bits per heavy atom. The number of rotatable bonds is 5. The molecule has 0 spiro atoms. The number of sulfone groups is 1. The normalized spacial score (nSPS) is 12.4. The van der Waals surface area contributed by atoms with Crippen molar-refractivity contribution in [2.24, 2.45) is 0 Å². The van der Waals surface area contributed by atoms with Crippen LogP contribution >= 0.6 is 11.3 Å². The maximum Gasteiger partial charge on any atom is 0.187 e. The van der Waals surface area contributed by atoms with E-state index in [9.17, 15) is 8.42 Å². The fraction of sp³-hybridized carbons (Fsp3) is 0.438. The van der Waals surface area contributed by atoms with Gasteiger partial charge in [-0.25, -0.2) is 13.4 Å². The number of nitrogens with one attached hydrogen (secondary N) is 1. The second kappa shape index (κ2) is 6.38. The lowest BCUT2D eigenvalue weighted by Crippen LogP contribution is -2.10. The van der Waals surface area contributed by atoms with Crippen molar-refractivity contribution in [3.8, 4) is 0 Å². The van der Waals surface area contributed by atoms with Gasteiger partial charge < -0.3 is 5.32 Å². The zero-order valence-corrected chi connectivity index (χ0v) is 15.0. The lowest BCUT2D eigenvalue weighted by molar-refractivity contribution is 0.590. The Hall–Kier alpha value is -1.40. The van der Waals surface area contributed by atoms with E-state index in [1.54, 1.807) is 0 Å². The summed E-state index contributed by atoms with van der Waals surface area (Å²) >= 11 is 1.49. The van der Waals surface area contributed by atoms with Crippen LogP contribution in [0.2, 0.25) is 0 Å². The van der Waals surface area contributed by atoms with Gasteiger partial charge in [-0.05, 0) is 23.1 Å². The van der Waals surface area contributed by atoms with Crippen LogP contribution in [0.5, 0.6) is 0 Å². The molecule has 4 nitrogen and oxygen atoms in total. The quantitative estimate of drug-likeness (QED) is 0.901. The van der Waals surface area contributed by atoms with E-state index in [0.717, 1.165) is 16.5 Å². The van der Waals surface area contributed by atoms with Crippen LogP contribution in [0.25, 0.3) is 0 Å². The van der Waals surface area contributed by atoms with E-state index in [4.69, 9.17) is 0 Å². The van der Waals surface area contributed by atoms with E-state index in [2.05, 4.69) is 43.2 Å². The van der Waals surface area contributed by atoms with E-state index in [1.165, 1.54) is 23.2 Å². The van der Waals surface area contributed by atoms with Gasteiger partial charge in [0.05, 0.1) is 11.4 Å². The van der Waals surface area contributed by atoms with Gasteiger partial charge in [0.15, 0.2) is 5.13 Å². The molecule has 6 heteroatoms. The van der Waals surface area contributed by atoms with Crippen molar-refractivity contribution in [3.63, 3.8) is 0 Å². The smallest absolute Gasteiger partial charge is 0.187 e. The zero-order chi connectivity index (χ0) is 16.4. The fourth-order valence-corrected chi connectivity index (χ4v) is 3.29. The first kappa shape index (κ1) is 17.0. The van der Waals surface area contributed by atoms with Crippen molar-refractivity contribution in [3.05, 3.63) is 40.9 Å². The van der Waals surface area contributed by atoms with Crippen LogP contribution in [0, 0.1) is 0 Å². The Bertz CT molecular complexity index is 726. The summed E-state index contributed by atoms with van der Waals surface area (Å²) in [5, 5.41) is 5.94. The predicted octanol–water partition coefficient (Wildman–Crippen LogP) is 3.77. The second-order valence-corrected chi connectivity index (χ2v) is 9.59. The predicted molar refractivity (Wildman–Crippen MR) is 94.0 cm³/mol. The molecule has 1 aromatic heterocycles. The Morgan fingerprint density at radius 3 is 2.36 bits per heavy atom. The maximum atomic E-state index is 11.2. The monoisotopic (exact) mass is 338 g/mol. The zero-order valence-electron chi connectivity index (χ0n) is 13.4. The van der Waals surface area contributed by atoms with Crippen LogP contribution in [0.15, 0.2) is 29.6 Å². The number of benzene rings is 1. The van der Waals surface area contributed by atoms with E-state index < -0.39 is 9.84 Å². The first-order chi connectivity index (χ1) is 10.1. The van der Waals surface area contributed by atoms with Crippen LogP contribution in [0.3, 0.4) is 0 Å². The van der Waals surface area contributed by atoms with E-state index >= 15 is 0 Å². The first-order valence-electron chi connectivity index (χ1n) is 7.13. The molecule has 0 aliphatic rings. The third kappa shape index (κ3) is 5.10. The molecule has 0 aliphatic heterocycles. The van der Waals surface area contributed by atoms with Crippen LogP contribution in [0.4, 0.5) is 10.8 Å². The molecule has 0 bridgehead atoms. The summed E-state index contributed by atoms with van der Waals surface area (Å²) in [4.78, 5) is 4.42. The molecular weight excluding hydrogens is 316 g/mol. The molecule has 120 valence electrons. The van der Waals surface area contributed by atoms with Crippen molar-refractivity contribution < 1.29 is 8.42 Å². The van der Waals surface area contributed by atoms with Crippen molar-refractivity contribution in [1.29, 1.82) is 0 Å². The van der Waals surface area contributed by atoms with Crippen LogP contribution in [-0.2, 0) is 21.7 Å². The molecule has 0 unspecified atom stereocenters. The summed E-state index contributed by atoms with van der Waals surface area (Å²) in [7, 11) is -2.95. The minimum absolute atomic E-state index is 0.135. The molecule has 0 saturated carbocycles. The lowest BCUT2D eigenvalue weighted by Gasteiger charge is -2.19. The second-order valence-electron chi connectivity index (χ2n) is 6.48. The molecule has 0 amide bonds. The highest BCUT2D eigenvalue weighted by atomic mass is 32.2. The number of hydrogen-bond donors (Lipinski definition) is 1. The van der Waals surface area contributed by atoms with Gasteiger partial charge in [0.1, 0.15) is 9.84 Å². The lowest BCUT2D eigenvalue weighted by atomic mass is 9.87. The Labute approximate surface area is 136 Å². The minimum Gasteiger partial charge on any atom is -0.332 e. The molecule has 0 fully saturated rings. The third-order valence-electron chi connectivity index (χ3n) is 3.28. The average molecular weight is 338 g/mol. The summed E-state index contributed by atoms with van der Waals surface area (Å²) in [6, 6.07) is 8.30. The summed E-state index contributed by atoms with van der Waals surface area (Å²) in [6.45, 7) is 6.55. The molecule has 0 aliphatic carbocycles. The number of aryl methyl sites for hydroxylation is 1. The van der Waals surface area contributed by atoms with Crippen molar-refractivity contribution in [2.45, 2.75) is 32.6 Å². The number of aromatic nitrogens is 1. The summed E-state index contributed by atoms with van der Waals surface area (Å²) < 4.78 is 22.4. The van der Waals surface area contributed by atoms with E-state index in [-0.39, 0.29) is 11.2 Å². The summed E-state index contributed by atoms with van der Waals surface area (Å²) in [5.74, 6) is 0.135. The van der Waals surface area contributed by atoms with Gasteiger partial charge in [-0.15, -0.1) is 11.3 Å². The van der Waals surface area contributed by atoms with Gasteiger partial charge in [0.2, 0.25) is 0 Å². The van der Waals surface area contributed by atoms with Crippen LogP contribution in [-0.4, -0.2) is 25.4 Å². The van der Waals surface area contributed by atoms with E-state index in [0.29, 0.717) is 6.42 Å². The largest absolute Gasteiger partial charge is 0.332 e. The molecule has 2 rings (SSSR count). The topological polar surface area (TPSA) is 59.1 Å². The third-order valence-corrected chi connectivity index (χ3v) is 5.04. The highest BCUT2D eigenvalue weighted by molar-refractivity contribution is 7.90. The van der Waals surface area contributed by atoms with Gasteiger partial charge in [0.25, 0.3) is 0 Å². The van der Waals surface area contributed by atoms with Gasteiger partial charge in [-0.1, -0.05) is 32.9 Å². The summed E-state index contributed by atoms with van der Waals surface area (Å²) in [6.07, 6.45) is 1.70. The van der Waals surface area contributed by atoms with Gasteiger partial charge in [-0.2, -0.15) is 0 Å². The highest BCUT2D eigenvalue weighted by Crippen LogP contribution is 2.26. The van der Waals surface area contributed by atoms with Gasteiger partial charge >= 0.3 is 0 Å². The van der Waals surface area contributed by atoms with Crippen LogP contribution in [0.1, 0.15) is 32.0 Å². The number of nitrogens with zero attached hydrogens (tertiary/aromatic N) is 1. The van der Waals surface area contributed by atoms with E-state index in [1.807, 2.05) is 17.5 Å². The number of thiazole rings is 1. The Balaban J connectivity index is 2.01. The van der Waals surface area contributed by atoms with Gasteiger partial charge in [0, 0.05) is 23.7 Å². The maximum absolute atomic E-state index is 11.2. The van der Waals surface area contributed by atoms with Crippen molar-refractivity contribution in [2.75, 3.05) is 17.3 Å². The number of anilines is 2. The summed E-state index contributed by atoms with van der Waals surface area (Å²) in [5.41, 5.74) is 3.21. The Morgan fingerprint density at radius 1 is 1.18 bits per heavy atom. The van der Waals surface area contributed by atoms with Crippen molar-refractivity contribution in [1.82, 2.24) is 4.98 Å². The molecule has 1 heterocycles. The SMILES string of the molecule is CC(C)(C)c1ccc(Nc2nc(CCS(C)(=O)=O)cs2)cc1. The highest BCUT2D eigenvalue weighted by Gasteiger charge is 2.13. The molecule has 0 radical (unpaired) electrons. The average Bonchev–Trinajstić information content (AvgIpc) is 2.83. The minimum atomic E-state index is -2.95. The molecule has 1 aromatic carbocycles. The molecule has 0 atom stereocenters. The van der Waals surface area contributed by atoms with Crippen LogP contribution < -0.4 is 5.32 Å². The first-order valence-corrected chi connectivity index (χ1v) is 10.1. The van der Waals surface area contributed by atoms with Gasteiger partial charge in [-0.3, -0.25) is 0 Å². The standard InChI is InChI=1S/C16H22N2O2S2/c1-16(2,3)12-5-7-13(8-6-12)17-15-18-14(11-21-15)9-10-22(4,19)20/h5-8,11H,9-10H2,1-4H3,(H,17,18). The molecular formula is C16H22N2O2S2. The fourth-order valence-electron chi connectivity index (χ4n) is 1.95. The molecule has 1 N–H and O–H groups in total. The number of hydrogen-bond acceptors (Lipinski definition) is 5. The van der Waals surface area contributed by atoms with Crippen molar-refractivity contribution >= 4 is 32.0 Å². The molecule has 0 saturated heterocycles. The molecule has 2 aromatic rings. The Kier molecular flexibility index (Phi) is 4.92.